The molecular formula is C9H16N2O. The predicted octanol–water partition coefficient (Wildman–Crippen LogP) is 1.50. The van der Waals surface area contributed by atoms with Crippen LogP contribution in [0.15, 0.2) is 12.3 Å². The van der Waals surface area contributed by atoms with Crippen LogP contribution in [0.5, 0.6) is 0 Å². The monoisotopic (exact) mass is 168 g/mol. The van der Waals surface area contributed by atoms with E-state index in [4.69, 9.17) is 0 Å². The number of nitrogens with zero attached hydrogens (tertiary/aromatic N) is 2. The van der Waals surface area contributed by atoms with E-state index in [2.05, 4.69) is 12.0 Å². The molecule has 0 aliphatic carbocycles. The van der Waals surface area contributed by atoms with Crippen molar-refractivity contribution in [3.8, 4) is 0 Å². The van der Waals surface area contributed by atoms with Crippen molar-refractivity contribution in [1.29, 1.82) is 0 Å². The molecule has 0 saturated carbocycles. The molecule has 0 bridgehead atoms. The molecule has 2 unspecified atom stereocenters. The maximum atomic E-state index is 9.73. The van der Waals surface area contributed by atoms with Crippen LogP contribution in [0.1, 0.15) is 32.1 Å². The molecule has 0 radical (unpaired) electrons. The maximum absolute atomic E-state index is 9.73. The Bertz CT molecular complexity index is 244. The average Bonchev–Trinajstić information content (AvgIpc) is 2.49. The summed E-state index contributed by atoms with van der Waals surface area (Å²) in [6.45, 7) is 4.09. The molecule has 0 aliphatic rings. The minimum Gasteiger partial charge on any atom is -0.386 e. The van der Waals surface area contributed by atoms with Crippen molar-refractivity contribution in [2.24, 2.45) is 13.0 Å². The van der Waals surface area contributed by atoms with E-state index in [9.17, 15) is 5.11 Å². The number of rotatable bonds is 3. The first-order chi connectivity index (χ1) is 5.65. The molecule has 12 heavy (non-hydrogen) atoms. The number of hydrogen-bond acceptors (Lipinski definition) is 2. The second-order valence-electron chi connectivity index (χ2n) is 3.24. The molecule has 3 nitrogen and oxygen atoms in total. The van der Waals surface area contributed by atoms with E-state index in [1.54, 1.807) is 4.68 Å². The van der Waals surface area contributed by atoms with Crippen LogP contribution in [0, 0.1) is 5.92 Å². The Morgan fingerprint density at radius 3 is 2.75 bits per heavy atom. The molecule has 1 aromatic heterocycles. The molecule has 0 spiro atoms. The zero-order valence-corrected chi connectivity index (χ0v) is 7.86. The van der Waals surface area contributed by atoms with Gasteiger partial charge in [0.05, 0.1) is 5.69 Å². The van der Waals surface area contributed by atoms with Gasteiger partial charge in [-0.3, -0.25) is 4.68 Å². The molecule has 68 valence electrons. The van der Waals surface area contributed by atoms with Crippen LogP contribution in [0.3, 0.4) is 0 Å². The minimum atomic E-state index is -0.420. The molecule has 0 aliphatic heterocycles. The first kappa shape index (κ1) is 9.26. The summed E-state index contributed by atoms with van der Waals surface area (Å²) < 4.78 is 1.71. The Morgan fingerprint density at radius 1 is 1.67 bits per heavy atom. The van der Waals surface area contributed by atoms with Crippen molar-refractivity contribution in [1.82, 2.24) is 9.78 Å². The van der Waals surface area contributed by atoms with Crippen LogP contribution in [-0.4, -0.2) is 14.9 Å². The fraction of sp³-hybridized carbons (Fsp3) is 0.667. The topological polar surface area (TPSA) is 38.0 Å². The zero-order valence-electron chi connectivity index (χ0n) is 7.86. The first-order valence-corrected chi connectivity index (χ1v) is 4.32. The molecule has 1 N–H and O–H groups in total. The van der Waals surface area contributed by atoms with Crippen LogP contribution in [0.2, 0.25) is 0 Å². The lowest BCUT2D eigenvalue weighted by Crippen LogP contribution is -2.09. The van der Waals surface area contributed by atoms with Crippen molar-refractivity contribution in [2.45, 2.75) is 26.4 Å². The fourth-order valence-corrected chi connectivity index (χ4v) is 1.11. The number of aryl methyl sites for hydroxylation is 1. The van der Waals surface area contributed by atoms with E-state index < -0.39 is 6.10 Å². The molecule has 0 amide bonds. The van der Waals surface area contributed by atoms with Gasteiger partial charge in [0.2, 0.25) is 0 Å². The normalized spacial score (nSPS) is 16.0. The van der Waals surface area contributed by atoms with E-state index in [1.807, 2.05) is 26.2 Å². The third-order valence-electron chi connectivity index (χ3n) is 2.22. The van der Waals surface area contributed by atoms with Gasteiger partial charge >= 0.3 is 0 Å². The van der Waals surface area contributed by atoms with Crippen molar-refractivity contribution < 1.29 is 5.11 Å². The van der Waals surface area contributed by atoms with E-state index in [-0.39, 0.29) is 5.92 Å². The summed E-state index contributed by atoms with van der Waals surface area (Å²) in [6, 6.07) is 1.86. The van der Waals surface area contributed by atoms with Gasteiger partial charge in [-0.2, -0.15) is 5.10 Å². The Kier molecular flexibility index (Phi) is 2.87. The highest BCUT2D eigenvalue weighted by Gasteiger charge is 2.16. The largest absolute Gasteiger partial charge is 0.386 e. The van der Waals surface area contributed by atoms with Crippen molar-refractivity contribution >= 4 is 0 Å². The van der Waals surface area contributed by atoms with Crippen LogP contribution in [-0.2, 0) is 7.05 Å². The molecule has 1 rings (SSSR count). The van der Waals surface area contributed by atoms with Gasteiger partial charge in [-0.25, -0.2) is 0 Å². The summed E-state index contributed by atoms with van der Waals surface area (Å²) in [5, 5.41) is 13.9. The summed E-state index contributed by atoms with van der Waals surface area (Å²) in [5.74, 6) is 0.278. The highest BCUT2D eigenvalue weighted by atomic mass is 16.3. The number of aliphatic hydroxyl groups excluding tert-OH is 1. The summed E-state index contributed by atoms with van der Waals surface area (Å²) in [7, 11) is 1.85. The average molecular weight is 168 g/mol. The molecule has 1 heterocycles. The second kappa shape index (κ2) is 3.72. The predicted molar refractivity (Wildman–Crippen MR) is 47.6 cm³/mol. The third kappa shape index (κ3) is 1.85. The van der Waals surface area contributed by atoms with Gasteiger partial charge < -0.3 is 5.11 Å². The maximum Gasteiger partial charge on any atom is 0.100 e. The highest BCUT2D eigenvalue weighted by molar-refractivity contribution is 5.03. The van der Waals surface area contributed by atoms with E-state index in [1.165, 1.54) is 0 Å². The minimum absolute atomic E-state index is 0.278. The number of aliphatic hydroxyl groups is 1. The lowest BCUT2D eigenvalue weighted by molar-refractivity contribution is 0.110. The number of aromatic nitrogens is 2. The fourth-order valence-electron chi connectivity index (χ4n) is 1.11. The Hall–Kier alpha value is -0.830. The molecule has 2 atom stereocenters. The summed E-state index contributed by atoms with van der Waals surface area (Å²) in [5.41, 5.74) is 0.770. The molecule has 3 heteroatoms. The zero-order chi connectivity index (χ0) is 9.14. The molecule has 0 saturated heterocycles. The molecule has 0 fully saturated rings. The number of hydrogen-bond donors (Lipinski definition) is 1. The van der Waals surface area contributed by atoms with Gasteiger partial charge in [0.15, 0.2) is 0 Å². The molecule has 0 aromatic carbocycles. The Balaban J connectivity index is 2.70. The van der Waals surface area contributed by atoms with E-state index in [0.717, 1.165) is 12.1 Å². The van der Waals surface area contributed by atoms with Gasteiger partial charge in [0.1, 0.15) is 6.10 Å². The van der Waals surface area contributed by atoms with E-state index in [0.29, 0.717) is 0 Å². The molecule has 1 aromatic rings. The van der Waals surface area contributed by atoms with Crippen LogP contribution < -0.4 is 0 Å². The van der Waals surface area contributed by atoms with Crippen LogP contribution >= 0.6 is 0 Å². The Labute approximate surface area is 73.0 Å². The lowest BCUT2D eigenvalue weighted by atomic mass is 10.00. The van der Waals surface area contributed by atoms with Crippen LogP contribution in [0.4, 0.5) is 0 Å². The quantitative estimate of drug-likeness (QED) is 0.742. The van der Waals surface area contributed by atoms with Gasteiger partial charge in [0, 0.05) is 13.2 Å². The summed E-state index contributed by atoms with van der Waals surface area (Å²) in [4.78, 5) is 0. The highest BCUT2D eigenvalue weighted by Crippen LogP contribution is 2.21. The standard InChI is InChI=1S/C9H16N2O/c1-4-7(2)9(12)8-5-6-11(3)10-8/h5-7,9,12H,4H2,1-3H3. The second-order valence-corrected chi connectivity index (χ2v) is 3.24. The third-order valence-corrected chi connectivity index (χ3v) is 2.22. The van der Waals surface area contributed by atoms with Gasteiger partial charge in [-0.15, -0.1) is 0 Å². The lowest BCUT2D eigenvalue weighted by Gasteiger charge is -2.14. The van der Waals surface area contributed by atoms with Gasteiger partial charge in [-0.05, 0) is 12.0 Å². The Morgan fingerprint density at radius 2 is 2.33 bits per heavy atom. The first-order valence-electron chi connectivity index (χ1n) is 4.32. The van der Waals surface area contributed by atoms with E-state index >= 15 is 0 Å². The summed E-state index contributed by atoms with van der Waals surface area (Å²) >= 11 is 0. The van der Waals surface area contributed by atoms with Crippen molar-refractivity contribution in [3.05, 3.63) is 18.0 Å². The van der Waals surface area contributed by atoms with Gasteiger partial charge in [-0.1, -0.05) is 20.3 Å². The van der Waals surface area contributed by atoms with Gasteiger partial charge in [0.25, 0.3) is 0 Å². The van der Waals surface area contributed by atoms with Crippen molar-refractivity contribution in [2.75, 3.05) is 0 Å². The van der Waals surface area contributed by atoms with Crippen molar-refractivity contribution in [3.63, 3.8) is 0 Å². The summed E-state index contributed by atoms with van der Waals surface area (Å²) in [6.07, 6.45) is 2.40. The SMILES string of the molecule is CCC(C)C(O)c1ccn(C)n1. The smallest absolute Gasteiger partial charge is 0.100 e. The molecular weight excluding hydrogens is 152 g/mol. The van der Waals surface area contributed by atoms with Crippen LogP contribution in [0.25, 0.3) is 0 Å².